The van der Waals surface area contributed by atoms with Crippen LogP contribution in [0.25, 0.3) is 0 Å². The lowest BCUT2D eigenvalue weighted by Crippen LogP contribution is -2.29. The zero-order valence-corrected chi connectivity index (χ0v) is 18.2. The molecule has 3 aromatic carbocycles. The van der Waals surface area contributed by atoms with Crippen LogP contribution in [-0.2, 0) is 16.6 Å². The van der Waals surface area contributed by atoms with Gasteiger partial charge in [0.05, 0.1) is 24.5 Å². The molecule has 0 aliphatic rings. The number of benzene rings is 3. The van der Waals surface area contributed by atoms with E-state index in [4.69, 9.17) is 0 Å². The first kappa shape index (κ1) is 21.6. The molecule has 0 fully saturated rings. The number of aryl methyl sites for hydroxylation is 1. The largest absolute Gasteiger partial charge is 0.346 e. The van der Waals surface area contributed by atoms with Crippen molar-refractivity contribution in [2.24, 2.45) is 0 Å². The highest BCUT2D eigenvalue weighted by atomic mass is 32.2. The molecule has 5 nitrogen and oxygen atoms in total. The van der Waals surface area contributed by atoms with E-state index < -0.39 is 10.0 Å². The average Bonchev–Trinajstić information content (AvgIpc) is 2.72. The maximum atomic E-state index is 12.6. The predicted molar refractivity (Wildman–Crippen MR) is 121 cm³/mol. The van der Waals surface area contributed by atoms with Crippen molar-refractivity contribution >= 4 is 21.6 Å². The summed E-state index contributed by atoms with van der Waals surface area (Å²) in [6.45, 7) is 4.17. The molecule has 1 amide bonds. The van der Waals surface area contributed by atoms with Crippen molar-refractivity contribution in [2.45, 2.75) is 26.4 Å². The molecule has 1 atom stereocenters. The molecule has 0 radical (unpaired) electrons. The van der Waals surface area contributed by atoms with E-state index in [1.165, 1.54) is 16.1 Å². The van der Waals surface area contributed by atoms with Crippen LogP contribution < -0.4 is 9.62 Å². The Morgan fingerprint density at radius 2 is 1.53 bits per heavy atom. The lowest BCUT2D eigenvalue weighted by molar-refractivity contribution is 0.0940. The molecule has 0 saturated carbocycles. The van der Waals surface area contributed by atoms with Crippen molar-refractivity contribution in [1.82, 2.24) is 5.32 Å². The van der Waals surface area contributed by atoms with E-state index in [2.05, 4.69) is 5.32 Å². The summed E-state index contributed by atoms with van der Waals surface area (Å²) >= 11 is 0. The maximum absolute atomic E-state index is 12.6. The van der Waals surface area contributed by atoms with Gasteiger partial charge in [-0.25, -0.2) is 8.42 Å². The van der Waals surface area contributed by atoms with Crippen LogP contribution in [0, 0.1) is 6.92 Å². The van der Waals surface area contributed by atoms with Gasteiger partial charge < -0.3 is 5.32 Å². The number of nitrogens with zero attached hydrogens (tertiary/aromatic N) is 1. The summed E-state index contributed by atoms with van der Waals surface area (Å²) in [5.41, 5.74) is 4.15. The molecule has 6 heteroatoms. The zero-order chi connectivity index (χ0) is 21.7. The summed E-state index contributed by atoms with van der Waals surface area (Å²) < 4.78 is 25.8. The Labute approximate surface area is 178 Å². The Hall–Kier alpha value is -3.12. The van der Waals surface area contributed by atoms with Gasteiger partial charge in [-0.3, -0.25) is 9.10 Å². The van der Waals surface area contributed by atoms with Crippen LogP contribution in [0.3, 0.4) is 0 Å². The van der Waals surface area contributed by atoms with Crippen LogP contribution in [-0.4, -0.2) is 20.6 Å². The van der Waals surface area contributed by atoms with Gasteiger partial charge in [0.15, 0.2) is 0 Å². The van der Waals surface area contributed by atoms with Crippen molar-refractivity contribution in [1.29, 1.82) is 0 Å². The third kappa shape index (κ3) is 5.48. The number of hydrogen-bond acceptors (Lipinski definition) is 3. The number of hydrogen-bond donors (Lipinski definition) is 1. The minimum Gasteiger partial charge on any atom is -0.346 e. The van der Waals surface area contributed by atoms with Gasteiger partial charge in [-0.15, -0.1) is 0 Å². The summed E-state index contributed by atoms with van der Waals surface area (Å²) in [6, 6.07) is 23.9. The fraction of sp³-hybridized carbons (Fsp3) is 0.208. The number of carbonyl (C=O) groups is 1. The molecule has 30 heavy (non-hydrogen) atoms. The highest BCUT2D eigenvalue weighted by Crippen LogP contribution is 2.20. The first-order valence-electron chi connectivity index (χ1n) is 9.73. The normalized spacial score (nSPS) is 12.2. The van der Waals surface area contributed by atoms with E-state index in [1.54, 1.807) is 48.5 Å². The van der Waals surface area contributed by atoms with Crippen molar-refractivity contribution in [3.63, 3.8) is 0 Å². The Bertz CT molecular complexity index is 1090. The van der Waals surface area contributed by atoms with E-state index in [-0.39, 0.29) is 18.5 Å². The molecule has 0 bridgehead atoms. The van der Waals surface area contributed by atoms with Gasteiger partial charge in [0, 0.05) is 5.56 Å². The third-order valence-corrected chi connectivity index (χ3v) is 6.05. The van der Waals surface area contributed by atoms with E-state index in [0.717, 1.165) is 11.1 Å². The van der Waals surface area contributed by atoms with Gasteiger partial charge in [-0.1, -0.05) is 60.2 Å². The van der Waals surface area contributed by atoms with Crippen molar-refractivity contribution in [3.05, 3.63) is 101 Å². The minimum atomic E-state index is -3.44. The van der Waals surface area contributed by atoms with Crippen LogP contribution >= 0.6 is 0 Å². The number of rotatable bonds is 7. The second-order valence-corrected chi connectivity index (χ2v) is 9.31. The highest BCUT2D eigenvalue weighted by molar-refractivity contribution is 7.92. The maximum Gasteiger partial charge on any atom is 0.251 e. The predicted octanol–water partition coefficient (Wildman–Crippen LogP) is 4.45. The lowest BCUT2D eigenvalue weighted by Gasteiger charge is -2.22. The van der Waals surface area contributed by atoms with Gasteiger partial charge in [-0.2, -0.15) is 0 Å². The summed E-state index contributed by atoms with van der Waals surface area (Å²) in [7, 11) is -3.44. The van der Waals surface area contributed by atoms with Crippen LogP contribution in [0.5, 0.6) is 0 Å². The number of amides is 1. The van der Waals surface area contributed by atoms with E-state index >= 15 is 0 Å². The Balaban J connectivity index is 1.70. The second kappa shape index (κ2) is 9.13. The smallest absolute Gasteiger partial charge is 0.251 e. The minimum absolute atomic E-state index is 0.114. The van der Waals surface area contributed by atoms with Gasteiger partial charge in [0.25, 0.3) is 5.91 Å². The Kier molecular flexibility index (Phi) is 6.57. The highest BCUT2D eigenvalue weighted by Gasteiger charge is 2.18. The molecule has 0 aromatic heterocycles. The summed E-state index contributed by atoms with van der Waals surface area (Å²) in [5.74, 6) is -0.169. The molecule has 0 aliphatic heterocycles. The summed E-state index contributed by atoms with van der Waals surface area (Å²) in [4.78, 5) is 12.6. The van der Waals surface area contributed by atoms with Crippen molar-refractivity contribution in [2.75, 3.05) is 10.6 Å². The summed E-state index contributed by atoms with van der Waals surface area (Å²) in [6.07, 6.45) is 1.19. The first-order valence-corrected chi connectivity index (χ1v) is 11.6. The Morgan fingerprint density at radius 1 is 0.933 bits per heavy atom. The third-order valence-electron chi connectivity index (χ3n) is 4.91. The molecular weight excluding hydrogens is 396 g/mol. The number of sulfonamides is 1. The van der Waals surface area contributed by atoms with Gasteiger partial charge >= 0.3 is 0 Å². The summed E-state index contributed by atoms with van der Waals surface area (Å²) in [5, 5.41) is 3.00. The molecule has 0 aliphatic carbocycles. The zero-order valence-electron chi connectivity index (χ0n) is 17.4. The first-order chi connectivity index (χ1) is 14.2. The van der Waals surface area contributed by atoms with Crippen LogP contribution in [0.4, 0.5) is 5.69 Å². The average molecular weight is 423 g/mol. The van der Waals surface area contributed by atoms with Gasteiger partial charge in [-0.05, 0) is 49.2 Å². The van der Waals surface area contributed by atoms with Crippen LogP contribution in [0.1, 0.15) is 40.0 Å². The van der Waals surface area contributed by atoms with Gasteiger partial charge in [0.2, 0.25) is 10.0 Å². The molecule has 0 unspecified atom stereocenters. The molecule has 156 valence electrons. The number of anilines is 1. The fourth-order valence-corrected chi connectivity index (χ4v) is 4.03. The van der Waals surface area contributed by atoms with Crippen molar-refractivity contribution < 1.29 is 13.2 Å². The molecular formula is C24H26N2O3S. The number of carbonyl (C=O) groups excluding carboxylic acids is 1. The van der Waals surface area contributed by atoms with E-state index in [1.807, 2.05) is 44.2 Å². The number of nitrogens with one attached hydrogen (secondary N) is 1. The van der Waals surface area contributed by atoms with Gasteiger partial charge in [0.1, 0.15) is 0 Å². The second-order valence-electron chi connectivity index (χ2n) is 7.41. The lowest BCUT2D eigenvalue weighted by atomic mass is 10.1. The SMILES string of the molecule is Cc1ccc([C@@H](C)NC(=O)c2ccc(CN(c3ccccc3)S(C)(=O)=O)cc2)cc1. The quantitative estimate of drug-likeness (QED) is 0.612. The van der Waals surface area contributed by atoms with E-state index in [9.17, 15) is 13.2 Å². The molecule has 0 heterocycles. The molecule has 0 spiro atoms. The molecule has 3 aromatic rings. The van der Waals surface area contributed by atoms with Crippen LogP contribution in [0.2, 0.25) is 0 Å². The standard InChI is InChI=1S/C24H26N2O3S/c1-18-9-13-21(14-10-18)19(2)25-24(27)22-15-11-20(12-16-22)17-26(30(3,28)29)23-7-5-4-6-8-23/h4-16,19H,17H2,1-3H3,(H,25,27)/t19-/m1/s1. The van der Waals surface area contributed by atoms with Crippen molar-refractivity contribution in [3.8, 4) is 0 Å². The monoisotopic (exact) mass is 422 g/mol. The fourth-order valence-electron chi connectivity index (χ4n) is 3.14. The van der Waals surface area contributed by atoms with E-state index in [0.29, 0.717) is 11.3 Å². The molecule has 1 N–H and O–H groups in total. The van der Waals surface area contributed by atoms with Crippen LogP contribution in [0.15, 0.2) is 78.9 Å². The topological polar surface area (TPSA) is 66.5 Å². The number of para-hydroxylation sites is 1. The Morgan fingerprint density at radius 3 is 2.10 bits per heavy atom. The molecule has 0 saturated heterocycles. The molecule has 3 rings (SSSR count).